The molecule has 3 nitrogen and oxygen atoms in total. The molecule has 1 aromatic rings. The molecule has 1 aromatic carbocycles. The summed E-state index contributed by atoms with van der Waals surface area (Å²) < 4.78 is 6.46. The van der Waals surface area contributed by atoms with E-state index in [-0.39, 0.29) is 0 Å². The van der Waals surface area contributed by atoms with E-state index >= 15 is 0 Å². The number of ether oxygens (including phenoxy) is 1. The van der Waals surface area contributed by atoms with Crippen molar-refractivity contribution in [3.63, 3.8) is 0 Å². The fraction of sp³-hybridized carbons (Fsp3) is 0.647. The molecule has 1 aliphatic carbocycles. The van der Waals surface area contributed by atoms with E-state index in [9.17, 15) is 0 Å². The molecule has 0 spiro atoms. The van der Waals surface area contributed by atoms with Crippen molar-refractivity contribution in [1.29, 1.82) is 0 Å². The van der Waals surface area contributed by atoms with Gasteiger partial charge in [-0.15, -0.1) is 0 Å². The van der Waals surface area contributed by atoms with E-state index in [4.69, 9.17) is 4.74 Å². The summed E-state index contributed by atoms with van der Waals surface area (Å²) >= 11 is 3.73. The number of hydrogen-bond donors (Lipinski definition) is 1. The van der Waals surface area contributed by atoms with Crippen LogP contribution in [0.3, 0.4) is 0 Å². The van der Waals surface area contributed by atoms with E-state index in [0.717, 1.165) is 19.1 Å². The topological polar surface area (TPSA) is 24.5 Å². The number of hydrogen-bond acceptors (Lipinski definition) is 3. The number of benzene rings is 1. The van der Waals surface area contributed by atoms with E-state index in [1.165, 1.54) is 28.6 Å². The Morgan fingerprint density at radius 1 is 1.38 bits per heavy atom. The van der Waals surface area contributed by atoms with Crippen LogP contribution in [0.4, 0.5) is 5.69 Å². The summed E-state index contributed by atoms with van der Waals surface area (Å²) in [7, 11) is 3.76. The van der Waals surface area contributed by atoms with Gasteiger partial charge in [0.2, 0.25) is 0 Å². The maximum absolute atomic E-state index is 5.29. The maximum Gasteiger partial charge on any atom is 0.0637 e. The van der Waals surface area contributed by atoms with Crippen LogP contribution in [-0.2, 0) is 4.74 Å². The average molecular weight is 355 g/mol. The first-order valence-corrected chi connectivity index (χ1v) is 8.60. The fourth-order valence-corrected chi connectivity index (χ4v) is 3.50. The standard InChI is InChI=1S/C17H27BrN2O/c1-12(19-3)16-8-7-15(11-17(16)18)20(9-10-21-4)13(2)14-5-6-14/h7-8,11-14,19H,5-6,9-10H2,1-4H3. The van der Waals surface area contributed by atoms with Crippen LogP contribution < -0.4 is 10.2 Å². The number of rotatable bonds is 8. The van der Waals surface area contributed by atoms with Gasteiger partial charge in [0.1, 0.15) is 0 Å². The average Bonchev–Trinajstić information content (AvgIpc) is 3.31. The molecule has 1 saturated carbocycles. The Bertz CT molecular complexity index is 462. The lowest BCUT2D eigenvalue weighted by Crippen LogP contribution is -2.37. The summed E-state index contributed by atoms with van der Waals surface area (Å²) in [5.74, 6) is 0.844. The Balaban J connectivity index is 2.20. The normalized spacial score (nSPS) is 17.6. The quantitative estimate of drug-likeness (QED) is 0.763. The van der Waals surface area contributed by atoms with Crippen molar-refractivity contribution in [1.82, 2.24) is 5.32 Å². The second-order valence-electron chi connectivity index (χ2n) is 5.98. The lowest BCUT2D eigenvalue weighted by molar-refractivity contribution is 0.202. The van der Waals surface area contributed by atoms with Gasteiger partial charge >= 0.3 is 0 Å². The highest BCUT2D eigenvalue weighted by atomic mass is 79.9. The highest BCUT2D eigenvalue weighted by molar-refractivity contribution is 9.10. The Kier molecular flexibility index (Phi) is 6.08. The molecule has 0 heterocycles. The van der Waals surface area contributed by atoms with Crippen molar-refractivity contribution in [2.45, 2.75) is 38.8 Å². The molecule has 2 rings (SSSR count). The zero-order valence-electron chi connectivity index (χ0n) is 13.5. The molecule has 0 aromatic heterocycles. The first-order valence-electron chi connectivity index (χ1n) is 7.80. The Morgan fingerprint density at radius 2 is 2.10 bits per heavy atom. The third kappa shape index (κ3) is 4.21. The van der Waals surface area contributed by atoms with E-state index in [2.05, 4.69) is 58.2 Å². The second kappa shape index (κ2) is 7.61. The molecule has 1 aliphatic rings. The summed E-state index contributed by atoms with van der Waals surface area (Å²) in [6.07, 6.45) is 2.72. The highest BCUT2D eigenvalue weighted by Crippen LogP contribution is 2.38. The van der Waals surface area contributed by atoms with Crippen molar-refractivity contribution >= 4 is 21.6 Å². The molecule has 21 heavy (non-hydrogen) atoms. The minimum Gasteiger partial charge on any atom is -0.383 e. The molecular formula is C17H27BrN2O. The van der Waals surface area contributed by atoms with Crippen molar-refractivity contribution in [2.75, 3.05) is 32.2 Å². The van der Waals surface area contributed by atoms with E-state index in [1.54, 1.807) is 7.11 Å². The fourth-order valence-electron chi connectivity index (χ4n) is 2.79. The first kappa shape index (κ1) is 16.8. The molecule has 0 aliphatic heterocycles. The summed E-state index contributed by atoms with van der Waals surface area (Å²) in [6, 6.07) is 7.64. The number of anilines is 1. The van der Waals surface area contributed by atoms with Gasteiger partial charge < -0.3 is 15.0 Å². The van der Waals surface area contributed by atoms with Gasteiger partial charge in [0.15, 0.2) is 0 Å². The SMILES string of the molecule is CNC(C)c1ccc(N(CCOC)C(C)C2CC2)cc1Br. The van der Waals surface area contributed by atoms with Crippen LogP contribution in [0.2, 0.25) is 0 Å². The van der Waals surface area contributed by atoms with Crippen molar-refractivity contribution < 1.29 is 4.74 Å². The third-order valence-corrected chi connectivity index (χ3v) is 5.23. The molecule has 2 atom stereocenters. The monoisotopic (exact) mass is 354 g/mol. The van der Waals surface area contributed by atoms with Crippen molar-refractivity contribution in [2.24, 2.45) is 5.92 Å². The minimum absolute atomic E-state index is 0.349. The Labute approximate surface area is 137 Å². The van der Waals surface area contributed by atoms with Gasteiger partial charge in [-0.1, -0.05) is 22.0 Å². The van der Waals surface area contributed by atoms with Gasteiger partial charge in [0.25, 0.3) is 0 Å². The van der Waals surface area contributed by atoms with Gasteiger partial charge in [-0.2, -0.15) is 0 Å². The van der Waals surface area contributed by atoms with Gasteiger partial charge in [0.05, 0.1) is 6.61 Å². The highest BCUT2D eigenvalue weighted by Gasteiger charge is 2.32. The van der Waals surface area contributed by atoms with Crippen LogP contribution in [0, 0.1) is 5.92 Å². The summed E-state index contributed by atoms with van der Waals surface area (Å²) in [4.78, 5) is 2.49. The molecule has 1 fully saturated rings. The molecule has 4 heteroatoms. The Morgan fingerprint density at radius 3 is 2.62 bits per heavy atom. The molecule has 0 radical (unpaired) electrons. The maximum atomic E-state index is 5.29. The lowest BCUT2D eigenvalue weighted by atomic mass is 10.1. The third-order valence-electron chi connectivity index (χ3n) is 4.55. The molecule has 0 amide bonds. The second-order valence-corrected chi connectivity index (χ2v) is 6.83. The van der Waals surface area contributed by atoms with Crippen LogP contribution in [0.15, 0.2) is 22.7 Å². The predicted octanol–water partition coefficient (Wildman–Crippen LogP) is 3.98. The lowest BCUT2D eigenvalue weighted by Gasteiger charge is -2.32. The van der Waals surface area contributed by atoms with E-state index < -0.39 is 0 Å². The summed E-state index contributed by atoms with van der Waals surface area (Å²) in [5.41, 5.74) is 2.58. The number of halogens is 1. The first-order chi connectivity index (χ1) is 10.1. The van der Waals surface area contributed by atoms with Gasteiger partial charge in [-0.25, -0.2) is 0 Å². The zero-order chi connectivity index (χ0) is 15.4. The van der Waals surface area contributed by atoms with Gasteiger partial charge in [-0.3, -0.25) is 0 Å². The van der Waals surface area contributed by atoms with E-state index in [1.807, 2.05) is 7.05 Å². The van der Waals surface area contributed by atoms with Gasteiger partial charge in [0, 0.05) is 35.9 Å². The number of nitrogens with zero attached hydrogens (tertiary/aromatic N) is 1. The van der Waals surface area contributed by atoms with Crippen LogP contribution in [-0.4, -0.2) is 33.4 Å². The largest absolute Gasteiger partial charge is 0.383 e. The Hall–Kier alpha value is -0.580. The molecule has 1 N–H and O–H groups in total. The summed E-state index contributed by atoms with van der Waals surface area (Å²) in [5, 5.41) is 3.29. The van der Waals surface area contributed by atoms with Crippen molar-refractivity contribution in [3.8, 4) is 0 Å². The van der Waals surface area contributed by atoms with Crippen molar-refractivity contribution in [3.05, 3.63) is 28.2 Å². The molecule has 0 saturated heterocycles. The minimum atomic E-state index is 0.349. The van der Waals surface area contributed by atoms with Crippen LogP contribution >= 0.6 is 15.9 Å². The molecule has 0 bridgehead atoms. The molecular weight excluding hydrogens is 328 g/mol. The van der Waals surface area contributed by atoms with E-state index in [0.29, 0.717) is 12.1 Å². The number of methoxy groups -OCH3 is 1. The molecule has 118 valence electrons. The number of nitrogens with one attached hydrogen (secondary N) is 1. The van der Waals surface area contributed by atoms with Crippen LogP contribution in [0.1, 0.15) is 38.3 Å². The van der Waals surface area contributed by atoms with Crippen LogP contribution in [0.5, 0.6) is 0 Å². The predicted molar refractivity (Wildman–Crippen MR) is 93.0 cm³/mol. The van der Waals surface area contributed by atoms with Gasteiger partial charge in [-0.05, 0) is 57.4 Å². The summed E-state index contributed by atoms with van der Waals surface area (Å²) in [6.45, 7) is 6.23. The smallest absolute Gasteiger partial charge is 0.0637 e. The molecule has 2 unspecified atom stereocenters. The van der Waals surface area contributed by atoms with Crippen LogP contribution in [0.25, 0.3) is 0 Å². The zero-order valence-corrected chi connectivity index (χ0v) is 15.1.